The Kier molecular flexibility index (Phi) is 6.06. The number of nitrogens with zero attached hydrogens (tertiary/aromatic N) is 3. The lowest BCUT2D eigenvalue weighted by molar-refractivity contribution is 0.306. The summed E-state index contributed by atoms with van der Waals surface area (Å²) in [4.78, 5) is 8.80. The number of pyridine rings is 1. The highest BCUT2D eigenvalue weighted by molar-refractivity contribution is 5.74. The minimum Gasteiger partial charge on any atom is -0.489 e. The normalized spacial score (nSPS) is 10.7. The van der Waals surface area contributed by atoms with Crippen molar-refractivity contribution in [2.24, 2.45) is 0 Å². The van der Waals surface area contributed by atoms with Crippen LogP contribution in [0.15, 0.2) is 103 Å². The highest BCUT2D eigenvalue weighted by atomic mass is 16.5. The average Bonchev–Trinajstić information content (AvgIpc) is 3.38. The van der Waals surface area contributed by atoms with Crippen LogP contribution in [0.5, 0.6) is 5.75 Å². The van der Waals surface area contributed by atoms with Crippen LogP contribution in [0, 0.1) is 0 Å². The van der Waals surface area contributed by atoms with E-state index in [1.165, 1.54) is 0 Å². The second-order valence-corrected chi connectivity index (χ2v) is 7.56. The van der Waals surface area contributed by atoms with Crippen LogP contribution in [-0.2, 0) is 13.2 Å². The van der Waals surface area contributed by atoms with E-state index in [-0.39, 0.29) is 0 Å². The minimum absolute atomic E-state index is 0.536. The first-order valence-electron chi connectivity index (χ1n) is 10.8. The van der Waals surface area contributed by atoms with Crippen molar-refractivity contribution in [2.45, 2.75) is 13.2 Å². The van der Waals surface area contributed by atoms with E-state index in [1.807, 2.05) is 91.0 Å². The quantitative estimate of drug-likeness (QED) is 0.327. The molecule has 5 aromatic rings. The van der Waals surface area contributed by atoms with Gasteiger partial charge in [0.25, 0.3) is 0 Å². The summed E-state index contributed by atoms with van der Waals surface area (Å²) in [5.41, 5.74) is 5.17. The molecule has 6 heteroatoms. The SMILES string of the molecule is c1ccc(COc2ccc(-c3n[nH]c(-c4ccccc4NCc4ccncc4)n3)cc2)cc1. The fourth-order valence-corrected chi connectivity index (χ4v) is 3.49. The van der Waals surface area contributed by atoms with E-state index in [2.05, 4.69) is 20.5 Å². The zero-order chi connectivity index (χ0) is 22.3. The van der Waals surface area contributed by atoms with E-state index in [0.717, 1.165) is 33.7 Å². The monoisotopic (exact) mass is 433 g/mol. The highest BCUT2D eigenvalue weighted by Gasteiger charge is 2.11. The van der Waals surface area contributed by atoms with Gasteiger partial charge in [0.2, 0.25) is 0 Å². The number of ether oxygens (including phenoxy) is 1. The van der Waals surface area contributed by atoms with Crippen LogP contribution in [-0.4, -0.2) is 20.2 Å². The van der Waals surface area contributed by atoms with E-state index in [1.54, 1.807) is 12.4 Å². The summed E-state index contributed by atoms with van der Waals surface area (Å²) in [6.07, 6.45) is 3.59. The topological polar surface area (TPSA) is 75.7 Å². The number of rotatable bonds is 8. The minimum atomic E-state index is 0.536. The molecule has 0 aliphatic rings. The summed E-state index contributed by atoms with van der Waals surface area (Å²) in [5, 5.41) is 11.0. The average molecular weight is 434 g/mol. The van der Waals surface area contributed by atoms with Gasteiger partial charge in [-0.15, -0.1) is 0 Å². The molecule has 0 aliphatic carbocycles. The van der Waals surface area contributed by atoms with Gasteiger partial charge in [0.15, 0.2) is 11.6 Å². The fraction of sp³-hybridized carbons (Fsp3) is 0.0741. The lowest BCUT2D eigenvalue weighted by Gasteiger charge is -2.10. The van der Waals surface area contributed by atoms with Crippen molar-refractivity contribution >= 4 is 5.69 Å². The van der Waals surface area contributed by atoms with Gasteiger partial charge in [-0.2, -0.15) is 5.10 Å². The van der Waals surface area contributed by atoms with E-state index in [9.17, 15) is 0 Å². The second kappa shape index (κ2) is 9.78. The van der Waals surface area contributed by atoms with Gasteiger partial charge >= 0.3 is 0 Å². The molecule has 0 saturated heterocycles. The first-order valence-corrected chi connectivity index (χ1v) is 10.8. The summed E-state index contributed by atoms with van der Waals surface area (Å²) in [6.45, 7) is 1.24. The molecular weight excluding hydrogens is 410 g/mol. The van der Waals surface area contributed by atoms with Crippen molar-refractivity contribution in [3.8, 4) is 28.5 Å². The van der Waals surface area contributed by atoms with E-state index in [0.29, 0.717) is 24.8 Å². The lowest BCUT2D eigenvalue weighted by Crippen LogP contribution is -2.01. The number of anilines is 1. The largest absolute Gasteiger partial charge is 0.489 e. The number of para-hydroxylation sites is 1. The standard InChI is InChI=1S/C27H23N5O/c1-2-6-21(7-3-1)19-33-23-12-10-22(11-13-23)26-30-27(32-31-26)24-8-4-5-9-25(24)29-18-20-14-16-28-17-15-20/h1-17,29H,18-19H2,(H,30,31,32). The number of nitrogens with one attached hydrogen (secondary N) is 2. The van der Waals surface area contributed by atoms with E-state index in [4.69, 9.17) is 9.72 Å². The maximum Gasteiger partial charge on any atom is 0.181 e. The Bertz CT molecular complexity index is 1300. The molecule has 3 aromatic carbocycles. The van der Waals surface area contributed by atoms with Gasteiger partial charge in [-0.05, 0) is 59.7 Å². The number of H-pyrrole nitrogens is 1. The molecule has 0 unspecified atom stereocenters. The number of aromatic amines is 1. The number of aromatic nitrogens is 4. The Labute approximate surface area is 192 Å². The summed E-state index contributed by atoms with van der Waals surface area (Å²) < 4.78 is 5.88. The second-order valence-electron chi connectivity index (χ2n) is 7.56. The fourth-order valence-electron chi connectivity index (χ4n) is 3.49. The van der Waals surface area contributed by atoms with Gasteiger partial charge in [0, 0.05) is 35.8 Å². The highest BCUT2D eigenvalue weighted by Crippen LogP contribution is 2.28. The third kappa shape index (κ3) is 5.07. The van der Waals surface area contributed by atoms with Crippen molar-refractivity contribution in [1.29, 1.82) is 0 Å². The maximum atomic E-state index is 5.88. The molecule has 162 valence electrons. The molecule has 0 atom stereocenters. The van der Waals surface area contributed by atoms with Crippen LogP contribution in [0.3, 0.4) is 0 Å². The molecular formula is C27H23N5O. The van der Waals surface area contributed by atoms with E-state index < -0.39 is 0 Å². The molecule has 0 bridgehead atoms. The smallest absolute Gasteiger partial charge is 0.181 e. The predicted molar refractivity (Wildman–Crippen MR) is 130 cm³/mol. The summed E-state index contributed by atoms with van der Waals surface area (Å²) in [5.74, 6) is 2.17. The third-order valence-corrected chi connectivity index (χ3v) is 5.26. The van der Waals surface area contributed by atoms with Crippen LogP contribution in [0.25, 0.3) is 22.8 Å². The number of benzene rings is 3. The molecule has 0 saturated carbocycles. The Balaban J connectivity index is 1.28. The van der Waals surface area contributed by atoms with Crippen molar-refractivity contribution in [1.82, 2.24) is 20.2 Å². The molecule has 0 radical (unpaired) electrons. The predicted octanol–water partition coefficient (Wildman–Crippen LogP) is 5.72. The Morgan fingerprint density at radius 3 is 2.33 bits per heavy atom. The Morgan fingerprint density at radius 2 is 1.52 bits per heavy atom. The summed E-state index contributed by atoms with van der Waals surface area (Å²) in [6, 6.07) is 30.0. The molecule has 0 aliphatic heterocycles. The molecule has 5 rings (SSSR count). The van der Waals surface area contributed by atoms with Crippen LogP contribution in [0.2, 0.25) is 0 Å². The number of hydrogen-bond acceptors (Lipinski definition) is 5. The van der Waals surface area contributed by atoms with Gasteiger partial charge < -0.3 is 10.1 Å². The zero-order valence-corrected chi connectivity index (χ0v) is 18.0. The molecule has 0 spiro atoms. The van der Waals surface area contributed by atoms with Crippen LogP contribution in [0.1, 0.15) is 11.1 Å². The molecule has 0 amide bonds. The van der Waals surface area contributed by atoms with Crippen molar-refractivity contribution in [3.63, 3.8) is 0 Å². The van der Waals surface area contributed by atoms with Gasteiger partial charge in [-0.3, -0.25) is 10.1 Å². The van der Waals surface area contributed by atoms with Gasteiger partial charge in [-0.25, -0.2) is 4.98 Å². The zero-order valence-electron chi connectivity index (χ0n) is 18.0. The first-order chi connectivity index (χ1) is 16.3. The Hall–Kier alpha value is -4.45. The first kappa shape index (κ1) is 20.5. The van der Waals surface area contributed by atoms with Crippen LogP contribution >= 0.6 is 0 Å². The van der Waals surface area contributed by atoms with Crippen LogP contribution in [0.4, 0.5) is 5.69 Å². The molecule has 2 N–H and O–H groups in total. The van der Waals surface area contributed by atoms with Gasteiger partial charge in [0.1, 0.15) is 12.4 Å². The molecule has 2 aromatic heterocycles. The van der Waals surface area contributed by atoms with Crippen molar-refractivity contribution in [2.75, 3.05) is 5.32 Å². The molecule has 0 fully saturated rings. The van der Waals surface area contributed by atoms with Gasteiger partial charge in [0.05, 0.1) is 0 Å². The maximum absolute atomic E-state index is 5.88. The summed E-state index contributed by atoms with van der Waals surface area (Å²) in [7, 11) is 0. The van der Waals surface area contributed by atoms with Crippen molar-refractivity contribution < 1.29 is 4.74 Å². The molecule has 33 heavy (non-hydrogen) atoms. The lowest BCUT2D eigenvalue weighted by atomic mass is 10.1. The summed E-state index contributed by atoms with van der Waals surface area (Å²) >= 11 is 0. The number of hydrogen-bond donors (Lipinski definition) is 2. The van der Waals surface area contributed by atoms with Gasteiger partial charge in [-0.1, -0.05) is 42.5 Å². The Morgan fingerprint density at radius 1 is 0.758 bits per heavy atom. The van der Waals surface area contributed by atoms with E-state index >= 15 is 0 Å². The molecule has 2 heterocycles. The van der Waals surface area contributed by atoms with Crippen molar-refractivity contribution in [3.05, 3.63) is 115 Å². The van der Waals surface area contributed by atoms with Crippen LogP contribution < -0.4 is 10.1 Å². The molecule has 6 nitrogen and oxygen atoms in total. The third-order valence-electron chi connectivity index (χ3n) is 5.26.